The molecular formula is C25H17ClN6O4S. The van der Waals surface area contributed by atoms with E-state index in [9.17, 15) is 14.9 Å². The van der Waals surface area contributed by atoms with Gasteiger partial charge in [0.05, 0.1) is 29.1 Å². The van der Waals surface area contributed by atoms with E-state index >= 15 is 0 Å². The number of benzene rings is 3. The van der Waals surface area contributed by atoms with Crippen molar-refractivity contribution < 1.29 is 9.66 Å². The third kappa shape index (κ3) is 5.03. The Balaban J connectivity index is 1.58. The number of hydrogen-bond acceptors (Lipinski definition) is 8. The Kier molecular flexibility index (Phi) is 6.62. The van der Waals surface area contributed by atoms with Crippen LogP contribution in [-0.2, 0) is 0 Å². The van der Waals surface area contributed by atoms with Gasteiger partial charge in [0.1, 0.15) is 5.75 Å². The molecule has 0 amide bonds. The molecule has 1 N–H and O–H groups in total. The highest BCUT2D eigenvalue weighted by molar-refractivity contribution is 7.12. The number of non-ortho nitro benzene ring substituents is 1. The largest absolute Gasteiger partial charge is 0.497 e. The normalized spacial score (nSPS) is 11.2. The second kappa shape index (κ2) is 10.2. The lowest BCUT2D eigenvalue weighted by atomic mass is 10.1. The van der Waals surface area contributed by atoms with Gasteiger partial charge in [-0.2, -0.15) is 9.80 Å². The molecule has 2 aromatic heterocycles. The molecule has 0 bridgehead atoms. The van der Waals surface area contributed by atoms with Crippen LogP contribution in [-0.4, -0.2) is 26.8 Å². The van der Waals surface area contributed by atoms with Crippen molar-refractivity contribution in [1.82, 2.24) is 14.8 Å². The minimum Gasteiger partial charge on any atom is -0.497 e. The standard InChI is InChI=1S/C25H17ClN6O4S/c1-36-20-12-4-15(5-13-20)21-14-37-25(27-21)31-24(33)23(29-28-18-8-6-17(26)7-9-18)22(30-31)16-2-10-19(11-3-16)32(34)35/h2-14,30H,1H3. The van der Waals surface area contributed by atoms with Crippen LogP contribution in [0.25, 0.3) is 27.6 Å². The highest BCUT2D eigenvalue weighted by Gasteiger charge is 2.20. The lowest BCUT2D eigenvalue weighted by molar-refractivity contribution is -0.384. The van der Waals surface area contributed by atoms with Gasteiger partial charge >= 0.3 is 5.56 Å². The number of nitrogens with zero attached hydrogens (tertiary/aromatic N) is 5. The van der Waals surface area contributed by atoms with Gasteiger partial charge in [0.25, 0.3) is 5.69 Å². The maximum absolute atomic E-state index is 13.4. The molecule has 184 valence electrons. The lowest BCUT2D eigenvalue weighted by Crippen LogP contribution is -2.13. The molecule has 0 aliphatic heterocycles. The first-order valence-corrected chi connectivity index (χ1v) is 12.1. The summed E-state index contributed by atoms with van der Waals surface area (Å²) >= 11 is 7.21. The van der Waals surface area contributed by atoms with E-state index in [1.165, 1.54) is 28.2 Å². The highest BCUT2D eigenvalue weighted by Crippen LogP contribution is 2.31. The summed E-state index contributed by atoms with van der Waals surface area (Å²) in [7, 11) is 1.60. The monoisotopic (exact) mass is 532 g/mol. The highest BCUT2D eigenvalue weighted by atomic mass is 35.5. The van der Waals surface area contributed by atoms with Gasteiger partial charge in [0.2, 0.25) is 5.13 Å². The van der Waals surface area contributed by atoms with Crippen molar-refractivity contribution in [2.75, 3.05) is 7.11 Å². The summed E-state index contributed by atoms with van der Waals surface area (Å²) in [5, 5.41) is 25.3. The molecular weight excluding hydrogens is 516 g/mol. The third-order valence-corrected chi connectivity index (χ3v) is 6.47. The van der Waals surface area contributed by atoms with Crippen molar-refractivity contribution in [3.05, 3.63) is 104 Å². The summed E-state index contributed by atoms with van der Waals surface area (Å²) in [6, 6.07) is 19.9. The summed E-state index contributed by atoms with van der Waals surface area (Å²) in [5.74, 6) is 0.725. The van der Waals surface area contributed by atoms with Crippen LogP contribution in [0.5, 0.6) is 5.75 Å². The van der Waals surface area contributed by atoms with Gasteiger partial charge in [-0.1, -0.05) is 11.6 Å². The van der Waals surface area contributed by atoms with Gasteiger partial charge in [-0.15, -0.1) is 16.5 Å². The maximum Gasteiger partial charge on any atom is 0.301 e. The number of nitro benzene ring substituents is 1. The molecule has 37 heavy (non-hydrogen) atoms. The first kappa shape index (κ1) is 24.1. The second-order valence-electron chi connectivity index (χ2n) is 7.70. The number of rotatable bonds is 7. The Labute approximate surface area is 218 Å². The van der Waals surface area contributed by atoms with Gasteiger partial charge in [-0.05, 0) is 60.7 Å². The molecule has 0 fully saturated rings. The zero-order valence-corrected chi connectivity index (χ0v) is 20.7. The quantitative estimate of drug-likeness (QED) is 0.138. The van der Waals surface area contributed by atoms with Crippen molar-refractivity contribution in [3.63, 3.8) is 0 Å². The summed E-state index contributed by atoms with van der Waals surface area (Å²) in [4.78, 5) is 28.6. The maximum atomic E-state index is 13.4. The van der Waals surface area contributed by atoms with Crippen LogP contribution in [0.1, 0.15) is 0 Å². The molecule has 10 nitrogen and oxygen atoms in total. The Morgan fingerprint density at radius 2 is 1.68 bits per heavy atom. The SMILES string of the molecule is COc1ccc(-c2csc(-n3[nH]c(-c4ccc([N+](=O)[O-])cc4)c(N=Nc4ccc(Cl)cc4)c3=O)n2)cc1. The fourth-order valence-corrected chi connectivity index (χ4v) is 4.40. The molecule has 0 aliphatic carbocycles. The van der Waals surface area contributed by atoms with Crippen LogP contribution >= 0.6 is 22.9 Å². The summed E-state index contributed by atoms with van der Waals surface area (Å²) in [6.07, 6.45) is 0. The predicted octanol–water partition coefficient (Wildman–Crippen LogP) is 6.94. The molecule has 0 saturated heterocycles. The number of nitro groups is 1. The Morgan fingerprint density at radius 3 is 2.32 bits per heavy atom. The number of halogens is 1. The van der Waals surface area contributed by atoms with Gasteiger partial charge in [0.15, 0.2) is 5.69 Å². The fraction of sp³-hybridized carbons (Fsp3) is 0.0400. The minimum absolute atomic E-state index is 0.0324. The molecule has 12 heteroatoms. The molecule has 0 spiro atoms. The first-order valence-electron chi connectivity index (χ1n) is 10.8. The van der Waals surface area contributed by atoms with Gasteiger partial charge < -0.3 is 4.74 Å². The number of nitrogens with one attached hydrogen (secondary N) is 1. The number of ether oxygens (including phenoxy) is 1. The fourth-order valence-electron chi connectivity index (χ4n) is 3.48. The first-order chi connectivity index (χ1) is 17.9. The van der Waals surface area contributed by atoms with Crippen molar-refractivity contribution in [2.45, 2.75) is 0 Å². The van der Waals surface area contributed by atoms with Crippen molar-refractivity contribution in [1.29, 1.82) is 0 Å². The lowest BCUT2D eigenvalue weighted by Gasteiger charge is -2.01. The third-order valence-electron chi connectivity index (χ3n) is 5.39. The van der Waals surface area contributed by atoms with Crippen LogP contribution in [0, 0.1) is 10.1 Å². The summed E-state index contributed by atoms with van der Waals surface area (Å²) < 4.78 is 6.49. The zero-order valence-electron chi connectivity index (χ0n) is 19.2. The van der Waals surface area contributed by atoms with E-state index in [1.807, 2.05) is 29.6 Å². The molecule has 0 radical (unpaired) electrons. The van der Waals surface area contributed by atoms with E-state index in [0.29, 0.717) is 32.8 Å². The molecule has 0 aliphatic rings. The molecule has 5 rings (SSSR count). The number of aromatic nitrogens is 3. The Morgan fingerprint density at radius 1 is 1.00 bits per heavy atom. The van der Waals surface area contributed by atoms with E-state index < -0.39 is 10.5 Å². The van der Waals surface area contributed by atoms with E-state index in [2.05, 4.69) is 20.3 Å². The summed E-state index contributed by atoms with van der Waals surface area (Å²) in [6.45, 7) is 0. The van der Waals surface area contributed by atoms with E-state index in [-0.39, 0.29) is 11.4 Å². The van der Waals surface area contributed by atoms with E-state index in [4.69, 9.17) is 16.3 Å². The molecule has 0 unspecified atom stereocenters. The number of aromatic amines is 1. The Bertz CT molecular complexity index is 1660. The number of methoxy groups -OCH3 is 1. The molecule has 0 saturated carbocycles. The molecule has 5 aromatic rings. The minimum atomic E-state index is -0.491. The molecule has 2 heterocycles. The van der Waals surface area contributed by atoms with Crippen LogP contribution in [0.4, 0.5) is 17.1 Å². The van der Waals surface area contributed by atoms with Crippen molar-refractivity contribution >= 4 is 40.0 Å². The van der Waals surface area contributed by atoms with Crippen LogP contribution in [0.3, 0.4) is 0 Å². The van der Waals surface area contributed by atoms with Crippen LogP contribution in [0.2, 0.25) is 5.02 Å². The predicted molar refractivity (Wildman–Crippen MR) is 142 cm³/mol. The molecule has 3 aromatic carbocycles. The summed E-state index contributed by atoms with van der Waals surface area (Å²) in [5.41, 5.74) is 2.41. The average molecular weight is 533 g/mol. The molecule has 0 atom stereocenters. The van der Waals surface area contributed by atoms with Gasteiger partial charge in [-0.3, -0.25) is 20.0 Å². The van der Waals surface area contributed by atoms with Crippen LogP contribution in [0.15, 0.2) is 93.2 Å². The van der Waals surface area contributed by atoms with Crippen LogP contribution < -0.4 is 10.3 Å². The van der Waals surface area contributed by atoms with Crippen molar-refractivity contribution in [3.8, 4) is 33.4 Å². The second-order valence-corrected chi connectivity index (χ2v) is 8.97. The average Bonchev–Trinajstić information content (AvgIpc) is 3.53. The number of thiazole rings is 1. The van der Waals surface area contributed by atoms with E-state index in [1.54, 1.807) is 43.5 Å². The van der Waals surface area contributed by atoms with Gasteiger partial charge in [0, 0.05) is 33.7 Å². The zero-order chi connectivity index (χ0) is 25.9. The smallest absolute Gasteiger partial charge is 0.301 e. The van der Waals surface area contributed by atoms with Crippen molar-refractivity contribution in [2.24, 2.45) is 10.2 Å². The Hall–Kier alpha value is -4.61. The van der Waals surface area contributed by atoms with E-state index in [0.717, 1.165) is 11.3 Å². The number of hydrogen-bond donors (Lipinski definition) is 1. The van der Waals surface area contributed by atoms with Gasteiger partial charge in [-0.25, -0.2) is 4.98 Å². The number of H-pyrrole nitrogens is 1. The topological polar surface area (TPSA) is 128 Å². The number of azo groups is 1.